The lowest BCUT2D eigenvalue weighted by atomic mass is 9.95. The zero-order valence-electron chi connectivity index (χ0n) is 16.9. The number of hydrogen-bond acceptors (Lipinski definition) is 3. The lowest BCUT2D eigenvalue weighted by Gasteiger charge is -2.41. The maximum atomic E-state index is 12.9. The lowest BCUT2D eigenvalue weighted by Crippen LogP contribution is -2.63. The van der Waals surface area contributed by atoms with Crippen LogP contribution in [0.5, 0.6) is 0 Å². The smallest absolute Gasteiger partial charge is 0.271 e. The maximum absolute atomic E-state index is 12.9. The number of nitrogens with zero attached hydrogens (tertiary/aromatic N) is 2. The average Bonchev–Trinajstić information content (AvgIpc) is 3.02. The zero-order valence-corrected chi connectivity index (χ0v) is 16.9. The minimum Gasteiger partial charge on any atom is -0.355 e. The van der Waals surface area contributed by atoms with Crippen molar-refractivity contribution in [2.75, 3.05) is 20.1 Å². The number of hydrogen-bond donors (Lipinski definition) is 2. The Labute approximate surface area is 165 Å². The van der Waals surface area contributed by atoms with Crippen LogP contribution in [0.2, 0.25) is 0 Å². The molecule has 0 fully saturated rings. The standard InChI is InChI=1S/C21H28N4O3/c1-14(2)9-10-22-18(26)12-23-20(28)21(3)13-25-16-8-6-5-7-15(16)11-17(25)19(27)24(21)4/h5-8,11,14H,9-10,12-13H2,1-4H3,(H,22,26)(H,23,28)/t21-/m0/s1. The number of carbonyl (C=O) groups excluding carboxylic acids is 3. The van der Waals surface area contributed by atoms with Crippen molar-refractivity contribution in [3.8, 4) is 0 Å². The van der Waals surface area contributed by atoms with Gasteiger partial charge in [-0.05, 0) is 31.4 Å². The second kappa shape index (κ2) is 7.66. The van der Waals surface area contributed by atoms with Crippen LogP contribution in [0.4, 0.5) is 0 Å². The van der Waals surface area contributed by atoms with E-state index in [1.54, 1.807) is 14.0 Å². The van der Waals surface area contributed by atoms with Crippen LogP contribution in [0.1, 0.15) is 37.7 Å². The highest BCUT2D eigenvalue weighted by Gasteiger charge is 2.45. The van der Waals surface area contributed by atoms with E-state index >= 15 is 0 Å². The molecule has 1 aromatic carbocycles. The summed E-state index contributed by atoms with van der Waals surface area (Å²) >= 11 is 0. The van der Waals surface area contributed by atoms with Crippen LogP contribution in [-0.4, -0.2) is 52.9 Å². The maximum Gasteiger partial charge on any atom is 0.271 e. The number of para-hydroxylation sites is 1. The number of likely N-dealkylation sites (N-methyl/N-ethyl adjacent to an activating group) is 1. The van der Waals surface area contributed by atoms with Gasteiger partial charge in [-0.3, -0.25) is 14.4 Å². The fourth-order valence-electron chi connectivity index (χ4n) is 3.51. The number of carbonyl (C=O) groups is 3. The number of rotatable bonds is 6. The van der Waals surface area contributed by atoms with Crippen LogP contribution in [0.15, 0.2) is 30.3 Å². The van der Waals surface area contributed by atoms with Crippen LogP contribution in [0, 0.1) is 5.92 Å². The van der Waals surface area contributed by atoms with Crippen molar-refractivity contribution in [1.29, 1.82) is 0 Å². The van der Waals surface area contributed by atoms with Gasteiger partial charge in [-0.15, -0.1) is 0 Å². The van der Waals surface area contributed by atoms with Crippen LogP contribution in [-0.2, 0) is 16.1 Å². The highest BCUT2D eigenvalue weighted by molar-refractivity contribution is 6.03. The summed E-state index contributed by atoms with van der Waals surface area (Å²) in [5, 5.41) is 6.46. The van der Waals surface area contributed by atoms with Gasteiger partial charge in [0.05, 0.1) is 13.1 Å². The summed E-state index contributed by atoms with van der Waals surface area (Å²) in [6.07, 6.45) is 0.887. The lowest BCUT2D eigenvalue weighted by molar-refractivity contribution is -0.134. The topological polar surface area (TPSA) is 83.4 Å². The van der Waals surface area contributed by atoms with E-state index in [4.69, 9.17) is 0 Å². The molecule has 1 atom stereocenters. The van der Waals surface area contributed by atoms with Gasteiger partial charge >= 0.3 is 0 Å². The molecule has 0 saturated heterocycles. The van der Waals surface area contributed by atoms with Crippen molar-refractivity contribution >= 4 is 28.6 Å². The van der Waals surface area contributed by atoms with Crippen LogP contribution in [0.25, 0.3) is 10.9 Å². The second-order valence-electron chi connectivity index (χ2n) is 8.03. The van der Waals surface area contributed by atoms with Gasteiger partial charge in [-0.2, -0.15) is 0 Å². The molecule has 7 heteroatoms. The summed E-state index contributed by atoms with van der Waals surface area (Å²) in [6.45, 7) is 6.72. The minimum atomic E-state index is -1.08. The van der Waals surface area contributed by atoms with Crippen molar-refractivity contribution in [3.63, 3.8) is 0 Å². The Morgan fingerprint density at radius 1 is 1.21 bits per heavy atom. The predicted octanol–water partition coefficient (Wildman–Crippen LogP) is 1.76. The zero-order chi connectivity index (χ0) is 20.5. The van der Waals surface area contributed by atoms with Gasteiger partial charge in [-0.25, -0.2) is 0 Å². The van der Waals surface area contributed by atoms with Crippen LogP contribution in [0.3, 0.4) is 0 Å². The summed E-state index contributed by atoms with van der Waals surface area (Å²) in [7, 11) is 1.63. The number of benzene rings is 1. The third kappa shape index (κ3) is 3.61. The van der Waals surface area contributed by atoms with E-state index in [0.717, 1.165) is 17.3 Å². The fraction of sp³-hybridized carbons (Fsp3) is 0.476. The summed E-state index contributed by atoms with van der Waals surface area (Å²) in [5.41, 5.74) is 0.411. The van der Waals surface area contributed by atoms with Crippen molar-refractivity contribution in [2.24, 2.45) is 5.92 Å². The predicted molar refractivity (Wildman–Crippen MR) is 108 cm³/mol. The van der Waals surface area contributed by atoms with Gasteiger partial charge in [0.25, 0.3) is 5.91 Å². The largest absolute Gasteiger partial charge is 0.355 e. The first-order valence-electron chi connectivity index (χ1n) is 9.65. The molecule has 1 aliphatic heterocycles. The molecule has 2 N–H and O–H groups in total. The third-order valence-electron chi connectivity index (χ3n) is 5.48. The summed E-state index contributed by atoms with van der Waals surface area (Å²) in [6, 6.07) is 9.59. The Morgan fingerprint density at radius 2 is 1.93 bits per heavy atom. The van der Waals surface area contributed by atoms with Gasteiger partial charge in [0.2, 0.25) is 11.8 Å². The first-order chi connectivity index (χ1) is 13.2. The molecule has 0 bridgehead atoms. The minimum absolute atomic E-state index is 0.103. The Balaban J connectivity index is 1.73. The molecule has 1 aromatic heterocycles. The Bertz CT molecular complexity index is 918. The van der Waals surface area contributed by atoms with Crippen molar-refractivity contribution in [2.45, 2.75) is 39.3 Å². The van der Waals surface area contributed by atoms with Gasteiger partial charge in [-0.1, -0.05) is 32.0 Å². The number of amides is 3. The number of aromatic nitrogens is 1. The van der Waals surface area contributed by atoms with Crippen molar-refractivity contribution in [3.05, 3.63) is 36.0 Å². The molecule has 1 aliphatic rings. The summed E-state index contributed by atoms with van der Waals surface area (Å²) < 4.78 is 1.89. The first kappa shape index (κ1) is 19.9. The molecule has 0 saturated carbocycles. The molecule has 0 unspecified atom stereocenters. The molecule has 3 amide bonds. The highest BCUT2D eigenvalue weighted by Crippen LogP contribution is 2.31. The molecular formula is C21H28N4O3. The fourth-order valence-corrected chi connectivity index (χ4v) is 3.51. The van der Waals surface area contributed by atoms with Crippen LogP contribution < -0.4 is 10.6 Å². The molecule has 0 spiro atoms. The molecule has 0 radical (unpaired) electrons. The Kier molecular flexibility index (Phi) is 5.45. The van der Waals surface area contributed by atoms with Gasteiger partial charge in [0.15, 0.2) is 0 Å². The second-order valence-corrected chi connectivity index (χ2v) is 8.03. The Morgan fingerprint density at radius 3 is 2.64 bits per heavy atom. The molecular weight excluding hydrogens is 356 g/mol. The van der Waals surface area contributed by atoms with E-state index in [1.165, 1.54) is 4.90 Å². The van der Waals surface area contributed by atoms with E-state index in [2.05, 4.69) is 24.5 Å². The van der Waals surface area contributed by atoms with E-state index in [-0.39, 0.29) is 24.3 Å². The average molecular weight is 384 g/mol. The highest BCUT2D eigenvalue weighted by atomic mass is 16.2. The Hall–Kier alpha value is -2.83. The van der Waals surface area contributed by atoms with Crippen molar-refractivity contribution < 1.29 is 14.4 Å². The molecule has 3 rings (SSSR count). The quantitative estimate of drug-likeness (QED) is 0.796. The van der Waals surface area contributed by atoms with Gasteiger partial charge in [0, 0.05) is 24.5 Å². The molecule has 28 heavy (non-hydrogen) atoms. The SMILES string of the molecule is CC(C)CCNC(=O)CNC(=O)[C@]1(C)Cn2c(cc3ccccc32)C(=O)N1C. The van der Waals surface area contributed by atoms with Crippen molar-refractivity contribution in [1.82, 2.24) is 20.1 Å². The van der Waals surface area contributed by atoms with E-state index in [1.807, 2.05) is 34.9 Å². The van der Waals surface area contributed by atoms with Gasteiger partial charge < -0.3 is 20.1 Å². The summed E-state index contributed by atoms with van der Waals surface area (Å²) in [5.74, 6) is -0.275. The third-order valence-corrected chi connectivity index (χ3v) is 5.48. The summed E-state index contributed by atoms with van der Waals surface area (Å²) in [4.78, 5) is 39.3. The van der Waals surface area contributed by atoms with E-state index in [0.29, 0.717) is 24.7 Å². The monoisotopic (exact) mass is 384 g/mol. The van der Waals surface area contributed by atoms with Crippen LogP contribution >= 0.6 is 0 Å². The molecule has 0 aliphatic carbocycles. The molecule has 150 valence electrons. The molecule has 2 aromatic rings. The molecule has 2 heterocycles. The number of fused-ring (bicyclic) bond motifs is 3. The van der Waals surface area contributed by atoms with E-state index < -0.39 is 5.54 Å². The first-order valence-corrected chi connectivity index (χ1v) is 9.65. The molecule has 7 nitrogen and oxygen atoms in total. The van der Waals surface area contributed by atoms with Gasteiger partial charge in [0.1, 0.15) is 11.2 Å². The number of nitrogens with one attached hydrogen (secondary N) is 2. The normalized spacial score (nSPS) is 19.0. The van der Waals surface area contributed by atoms with E-state index in [9.17, 15) is 14.4 Å².